The zero-order chi connectivity index (χ0) is 8.15. The minimum atomic E-state index is -0.953. The van der Waals surface area contributed by atoms with Crippen molar-refractivity contribution in [3.8, 4) is 0 Å². The van der Waals surface area contributed by atoms with Gasteiger partial charge in [0, 0.05) is 5.92 Å². The average molecular weight is 201 g/mol. The molecule has 2 atom stereocenters. The van der Waals surface area contributed by atoms with Gasteiger partial charge in [-0.25, -0.2) is 0 Å². The van der Waals surface area contributed by atoms with Gasteiger partial charge >= 0.3 is 0 Å². The second kappa shape index (κ2) is 2.02. The summed E-state index contributed by atoms with van der Waals surface area (Å²) in [6.45, 7) is 3.48. The molecular weight excluding hydrogens is 194 g/mol. The second-order valence-corrected chi connectivity index (χ2v) is 4.55. The van der Waals surface area contributed by atoms with Crippen LogP contribution < -0.4 is 0 Å². The Balaban J connectivity index is 2.88. The SMILES string of the molecule is CC1C(Cl)(Cl)C1(C)C(=O)Cl. The molecule has 0 aliphatic heterocycles. The maximum atomic E-state index is 10.8. The first-order valence-electron chi connectivity index (χ1n) is 2.93. The highest BCUT2D eigenvalue weighted by atomic mass is 35.5. The summed E-state index contributed by atoms with van der Waals surface area (Å²) in [5, 5.41) is -0.454. The van der Waals surface area contributed by atoms with E-state index < -0.39 is 15.0 Å². The van der Waals surface area contributed by atoms with E-state index in [1.54, 1.807) is 13.8 Å². The van der Waals surface area contributed by atoms with Crippen LogP contribution in [0.15, 0.2) is 0 Å². The Bertz CT molecular complexity index is 189. The van der Waals surface area contributed by atoms with Crippen molar-refractivity contribution in [3.63, 3.8) is 0 Å². The van der Waals surface area contributed by atoms with Crippen LogP contribution in [0.5, 0.6) is 0 Å². The summed E-state index contributed by atoms with van der Waals surface area (Å²) in [4.78, 5) is 10.8. The van der Waals surface area contributed by atoms with E-state index in [0.29, 0.717) is 0 Å². The fourth-order valence-electron chi connectivity index (χ4n) is 1.04. The van der Waals surface area contributed by atoms with E-state index in [-0.39, 0.29) is 5.92 Å². The first-order chi connectivity index (χ1) is 4.35. The first-order valence-corrected chi connectivity index (χ1v) is 4.06. The van der Waals surface area contributed by atoms with Gasteiger partial charge in [-0.15, -0.1) is 23.2 Å². The maximum Gasteiger partial charge on any atom is 0.230 e. The lowest BCUT2D eigenvalue weighted by atomic mass is 10.1. The Morgan fingerprint density at radius 2 is 1.80 bits per heavy atom. The van der Waals surface area contributed by atoms with Crippen molar-refractivity contribution >= 4 is 40.0 Å². The largest absolute Gasteiger partial charge is 0.281 e. The van der Waals surface area contributed by atoms with Gasteiger partial charge < -0.3 is 0 Å². The van der Waals surface area contributed by atoms with Gasteiger partial charge in [-0.3, -0.25) is 4.79 Å². The molecule has 0 aromatic carbocycles. The molecule has 1 rings (SSSR count). The summed E-state index contributed by atoms with van der Waals surface area (Å²) >= 11 is 16.8. The van der Waals surface area contributed by atoms with Gasteiger partial charge in [-0.1, -0.05) is 6.92 Å². The van der Waals surface area contributed by atoms with Gasteiger partial charge in [0.05, 0.1) is 5.41 Å². The van der Waals surface area contributed by atoms with Gasteiger partial charge in [0.25, 0.3) is 0 Å². The Morgan fingerprint density at radius 1 is 1.50 bits per heavy atom. The fraction of sp³-hybridized carbons (Fsp3) is 0.833. The van der Waals surface area contributed by atoms with E-state index >= 15 is 0 Å². The lowest BCUT2D eigenvalue weighted by Gasteiger charge is -2.02. The molecule has 0 bridgehead atoms. The third-order valence-corrected chi connectivity index (χ3v) is 4.26. The molecule has 4 heteroatoms. The van der Waals surface area contributed by atoms with Crippen LogP contribution in [0.25, 0.3) is 0 Å². The molecule has 1 aliphatic rings. The van der Waals surface area contributed by atoms with E-state index in [1.165, 1.54) is 0 Å². The molecule has 0 saturated heterocycles. The summed E-state index contributed by atoms with van der Waals surface area (Å²) in [6, 6.07) is 0. The van der Waals surface area contributed by atoms with Crippen molar-refractivity contribution in [2.75, 3.05) is 0 Å². The van der Waals surface area contributed by atoms with Gasteiger partial charge in [0.2, 0.25) is 5.24 Å². The van der Waals surface area contributed by atoms with Crippen LogP contribution in [0.2, 0.25) is 0 Å². The summed E-state index contributed by atoms with van der Waals surface area (Å²) < 4.78 is -0.953. The molecule has 58 valence electrons. The molecule has 0 spiro atoms. The number of carbonyl (C=O) groups is 1. The molecule has 0 heterocycles. The molecule has 1 nitrogen and oxygen atoms in total. The van der Waals surface area contributed by atoms with E-state index in [1.807, 2.05) is 0 Å². The number of hydrogen-bond acceptors (Lipinski definition) is 1. The normalized spacial score (nSPS) is 43.1. The van der Waals surface area contributed by atoms with E-state index in [4.69, 9.17) is 34.8 Å². The van der Waals surface area contributed by atoms with Crippen molar-refractivity contribution in [2.45, 2.75) is 18.2 Å². The minimum Gasteiger partial charge on any atom is -0.281 e. The van der Waals surface area contributed by atoms with Gasteiger partial charge in [-0.05, 0) is 18.5 Å². The smallest absolute Gasteiger partial charge is 0.230 e. The highest BCUT2D eigenvalue weighted by molar-refractivity contribution is 6.68. The Kier molecular flexibility index (Phi) is 1.75. The molecular formula is C6H7Cl3O. The van der Waals surface area contributed by atoms with Crippen LogP contribution in [0.3, 0.4) is 0 Å². The van der Waals surface area contributed by atoms with E-state index in [0.717, 1.165) is 0 Å². The Hall–Kier alpha value is 0.540. The molecule has 0 aromatic rings. The molecule has 0 amide bonds. The van der Waals surface area contributed by atoms with Crippen molar-refractivity contribution in [2.24, 2.45) is 11.3 Å². The Labute approximate surface area is 74.6 Å². The fourth-order valence-corrected chi connectivity index (χ4v) is 2.27. The second-order valence-electron chi connectivity index (χ2n) is 2.82. The van der Waals surface area contributed by atoms with Crippen molar-refractivity contribution < 1.29 is 4.79 Å². The van der Waals surface area contributed by atoms with Crippen LogP contribution in [0.1, 0.15) is 13.8 Å². The van der Waals surface area contributed by atoms with Crippen LogP contribution in [0, 0.1) is 11.3 Å². The molecule has 2 unspecified atom stereocenters. The Morgan fingerprint density at radius 3 is 1.80 bits per heavy atom. The zero-order valence-electron chi connectivity index (χ0n) is 5.62. The van der Waals surface area contributed by atoms with Crippen LogP contribution in [0.4, 0.5) is 0 Å². The topological polar surface area (TPSA) is 17.1 Å². The summed E-state index contributed by atoms with van der Waals surface area (Å²) in [6.07, 6.45) is 0. The summed E-state index contributed by atoms with van der Waals surface area (Å²) in [7, 11) is 0. The lowest BCUT2D eigenvalue weighted by molar-refractivity contribution is -0.116. The summed E-state index contributed by atoms with van der Waals surface area (Å²) in [5.74, 6) is -0.0478. The number of hydrogen-bond donors (Lipinski definition) is 0. The van der Waals surface area contributed by atoms with Gasteiger partial charge in [0.15, 0.2) is 0 Å². The third-order valence-electron chi connectivity index (χ3n) is 2.43. The zero-order valence-corrected chi connectivity index (χ0v) is 7.89. The minimum absolute atomic E-state index is 0.0478. The molecule has 0 aromatic heterocycles. The molecule has 0 N–H and O–H groups in total. The number of halogens is 3. The van der Waals surface area contributed by atoms with Crippen molar-refractivity contribution in [1.29, 1.82) is 0 Å². The summed E-state index contributed by atoms with van der Waals surface area (Å²) in [5.41, 5.74) is -0.738. The van der Waals surface area contributed by atoms with Crippen LogP contribution in [-0.2, 0) is 4.79 Å². The number of alkyl halides is 2. The maximum absolute atomic E-state index is 10.8. The first kappa shape index (κ1) is 8.63. The monoisotopic (exact) mass is 200 g/mol. The van der Waals surface area contributed by atoms with E-state index in [9.17, 15) is 4.79 Å². The predicted octanol–water partition coefficient (Wildman–Crippen LogP) is 2.58. The third kappa shape index (κ3) is 0.744. The average Bonchev–Trinajstić information content (AvgIpc) is 2.16. The van der Waals surface area contributed by atoms with Gasteiger partial charge in [0.1, 0.15) is 4.33 Å². The van der Waals surface area contributed by atoms with Crippen molar-refractivity contribution in [3.05, 3.63) is 0 Å². The predicted molar refractivity (Wildman–Crippen MR) is 42.6 cm³/mol. The molecule has 1 aliphatic carbocycles. The van der Waals surface area contributed by atoms with Crippen LogP contribution >= 0.6 is 34.8 Å². The molecule has 10 heavy (non-hydrogen) atoms. The lowest BCUT2D eigenvalue weighted by Crippen LogP contribution is -2.12. The highest BCUT2D eigenvalue weighted by Gasteiger charge is 2.74. The van der Waals surface area contributed by atoms with E-state index in [2.05, 4.69) is 0 Å². The molecule has 0 radical (unpaired) electrons. The molecule has 1 saturated carbocycles. The van der Waals surface area contributed by atoms with Crippen LogP contribution in [-0.4, -0.2) is 9.58 Å². The van der Waals surface area contributed by atoms with Crippen molar-refractivity contribution in [1.82, 2.24) is 0 Å². The molecule has 1 fully saturated rings. The quantitative estimate of drug-likeness (QED) is 0.471. The van der Waals surface area contributed by atoms with Gasteiger partial charge in [-0.2, -0.15) is 0 Å². The standard InChI is InChI=1S/C6H7Cl3O/c1-3-5(2,4(7)10)6(3,8)9/h3H,1-2H3. The number of carbonyl (C=O) groups excluding carboxylic acids is 1. The highest BCUT2D eigenvalue weighted by Crippen LogP contribution is 2.69. The number of rotatable bonds is 1.